The number of ether oxygens (including phenoxy) is 3. The molecule has 3 atom stereocenters. The Morgan fingerprint density at radius 3 is 2.31 bits per heavy atom. The van der Waals surface area contributed by atoms with Gasteiger partial charge in [0.1, 0.15) is 30.8 Å². The van der Waals surface area contributed by atoms with Crippen LogP contribution in [0.3, 0.4) is 0 Å². The van der Waals surface area contributed by atoms with Crippen LogP contribution in [0, 0.1) is 0 Å². The van der Waals surface area contributed by atoms with Crippen molar-refractivity contribution in [1.29, 1.82) is 0 Å². The summed E-state index contributed by atoms with van der Waals surface area (Å²) in [6.07, 6.45) is 3.17. The standard InChI is InChI=1S/C25H39ClN4O10S2/c1-8-11-13-36-22-21(39-18(5)31)24(40-25(22,14-37-41(6,32)33)15-38-42(7,34)35)30-16-28-20(17(4)26)23(30)29-19(12-9-2)27-10-3/h10,16,21-22,24H,3-4,8-9,11-15H2,1-2,5-7H3,(H,27,29)/t21-,22?,24+/m0/s1. The highest BCUT2D eigenvalue weighted by Gasteiger charge is 2.60. The van der Waals surface area contributed by atoms with Crippen LogP contribution in [0.25, 0.3) is 5.03 Å². The molecule has 1 aliphatic heterocycles. The van der Waals surface area contributed by atoms with Crippen LogP contribution in [0.5, 0.6) is 0 Å². The first-order valence-electron chi connectivity index (χ1n) is 13.1. The fourth-order valence-corrected chi connectivity index (χ4v) is 5.09. The lowest BCUT2D eigenvalue weighted by atomic mass is 9.96. The predicted octanol–water partition coefficient (Wildman–Crippen LogP) is 2.99. The number of rotatable bonds is 17. The van der Waals surface area contributed by atoms with E-state index >= 15 is 0 Å². The number of hydrogen-bond acceptors (Lipinski definition) is 12. The molecule has 0 saturated carbocycles. The third kappa shape index (κ3) is 10.1. The van der Waals surface area contributed by atoms with Gasteiger partial charge in [-0.2, -0.15) is 16.8 Å². The first-order valence-corrected chi connectivity index (χ1v) is 17.1. The number of nitrogens with zero attached hydrogens (tertiary/aromatic N) is 3. The van der Waals surface area contributed by atoms with Crippen LogP contribution in [0.2, 0.25) is 0 Å². The van der Waals surface area contributed by atoms with Crippen molar-refractivity contribution in [3.8, 4) is 0 Å². The van der Waals surface area contributed by atoms with Gasteiger partial charge < -0.3 is 19.5 Å². The van der Waals surface area contributed by atoms with Gasteiger partial charge in [0.2, 0.25) is 0 Å². The van der Waals surface area contributed by atoms with Crippen LogP contribution < -0.4 is 5.32 Å². The molecule has 14 nitrogen and oxygen atoms in total. The molecule has 17 heteroatoms. The molecule has 1 saturated heterocycles. The topological polar surface area (TPSA) is 174 Å². The Bertz CT molecular complexity index is 1320. The van der Waals surface area contributed by atoms with Gasteiger partial charge in [-0.1, -0.05) is 45.0 Å². The Hall–Kier alpha value is -2.34. The van der Waals surface area contributed by atoms with Gasteiger partial charge >= 0.3 is 5.97 Å². The Morgan fingerprint density at radius 1 is 1.21 bits per heavy atom. The average Bonchev–Trinajstić information content (AvgIpc) is 3.40. The molecule has 1 aliphatic rings. The van der Waals surface area contributed by atoms with Crippen molar-refractivity contribution in [2.24, 2.45) is 4.99 Å². The van der Waals surface area contributed by atoms with E-state index in [0.29, 0.717) is 18.7 Å². The Kier molecular flexibility index (Phi) is 13.2. The molecule has 0 spiro atoms. The lowest BCUT2D eigenvalue weighted by molar-refractivity contribution is -0.158. The molecule has 0 aromatic carbocycles. The fraction of sp³-hybridized carbons (Fsp3) is 0.640. The lowest BCUT2D eigenvalue weighted by Crippen LogP contribution is -2.53. The molecule has 0 bridgehead atoms. The van der Waals surface area contributed by atoms with Gasteiger partial charge in [-0.05, 0) is 19.0 Å². The summed E-state index contributed by atoms with van der Waals surface area (Å²) >= 11 is 6.25. The van der Waals surface area contributed by atoms with Crippen molar-refractivity contribution in [2.45, 2.75) is 70.5 Å². The molecule has 1 fully saturated rings. The Morgan fingerprint density at radius 2 is 1.83 bits per heavy atom. The zero-order chi connectivity index (χ0) is 31.7. The van der Waals surface area contributed by atoms with E-state index in [-0.39, 0.29) is 23.2 Å². The van der Waals surface area contributed by atoms with E-state index in [1.165, 1.54) is 24.0 Å². The zero-order valence-corrected chi connectivity index (χ0v) is 26.8. The first kappa shape index (κ1) is 35.9. The number of esters is 1. The number of carbonyl (C=O) groups excluding carboxylic acids is 1. The molecule has 1 unspecified atom stereocenters. The summed E-state index contributed by atoms with van der Waals surface area (Å²) in [7, 11) is -8.11. The third-order valence-corrected chi connectivity index (χ3v) is 7.15. The van der Waals surface area contributed by atoms with Crippen LogP contribution in [-0.4, -0.2) is 88.3 Å². The number of aliphatic imine (C=N–C) groups is 1. The number of aromatic nitrogens is 2. The summed E-state index contributed by atoms with van der Waals surface area (Å²) in [5, 5.41) is 3.01. The van der Waals surface area contributed by atoms with E-state index in [1.54, 1.807) is 0 Å². The van der Waals surface area contributed by atoms with E-state index in [9.17, 15) is 21.6 Å². The average molecular weight is 655 g/mol. The second kappa shape index (κ2) is 15.4. The Balaban J connectivity index is 2.83. The lowest BCUT2D eigenvalue weighted by Gasteiger charge is -2.33. The summed E-state index contributed by atoms with van der Waals surface area (Å²) in [5.41, 5.74) is -1.72. The quantitative estimate of drug-likeness (QED) is 0.0856. The first-order chi connectivity index (χ1) is 19.6. The minimum Gasteiger partial charge on any atom is -0.455 e. The monoisotopic (exact) mass is 654 g/mol. The van der Waals surface area contributed by atoms with Crippen molar-refractivity contribution in [1.82, 2.24) is 14.9 Å². The van der Waals surface area contributed by atoms with Gasteiger partial charge in [0.05, 0.1) is 23.9 Å². The van der Waals surface area contributed by atoms with Crippen LogP contribution in [-0.2, 0) is 47.6 Å². The number of unbranched alkanes of at least 4 members (excludes halogenated alkanes) is 1. The highest BCUT2D eigenvalue weighted by molar-refractivity contribution is 7.86. The van der Waals surface area contributed by atoms with Gasteiger partial charge in [0, 0.05) is 20.0 Å². The summed E-state index contributed by atoms with van der Waals surface area (Å²) in [6.45, 7) is 11.2. The van der Waals surface area contributed by atoms with Crippen LogP contribution in [0.4, 0.5) is 5.82 Å². The molecule has 0 amide bonds. The largest absolute Gasteiger partial charge is 0.455 e. The van der Waals surface area contributed by atoms with Crippen molar-refractivity contribution in [3.05, 3.63) is 31.4 Å². The molecular weight excluding hydrogens is 616 g/mol. The molecule has 238 valence electrons. The minimum atomic E-state index is -4.05. The summed E-state index contributed by atoms with van der Waals surface area (Å²) in [6, 6.07) is 0. The highest BCUT2D eigenvalue weighted by Crippen LogP contribution is 2.44. The van der Waals surface area contributed by atoms with E-state index in [1.807, 2.05) is 13.8 Å². The van der Waals surface area contributed by atoms with Crippen molar-refractivity contribution < 1.29 is 44.2 Å². The van der Waals surface area contributed by atoms with Gasteiger partial charge in [-0.25, -0.2) is 9.98 Å². The smallest absolute Gasteiger partial charge is 0.303 e. The molecular formula is C25H39ClN4O10S2. The molecule has 1 aromatic heterocycles. The second-order valence-electron chi connectivity index (χ2n) is 9.61. The molecule has 2 heterocycles. The van der Waals surface area contributed by atoms with E-state index < -0.39 is 63.5 Å². The molecule has 1 aromatic rings. The van der Waals surface area contributed by atoms with Gasteiger partial charge in [0.15, 0.2) is 23.8 Å². The summed E-state index contributed by atoms with van der Waals surface area (Å²) in [5.74, 6) is -0.0573. The molecule has 2 rings (SSSR count). The van der Waals surface area contributed by atoms with Gasteiger partial charge in [0.25, 0.3) is 20.2 Å². The van der Waals surface area contributed by atoms with Crippen LogP contribution >= 0.6 is 11.6 Å². The van der Waals surface area contributed by atoms with E-state index in [2.05, 4.69) is 28.5 Å². The number of carbonyl (C=O) groups is 1. The number of amidine groups is 1. The predicted molar refractivity (Wildman–Crippen MR) is 157 cm³/mol. The van der Waals surface area contributed by atoms with E-state index in [0.717, 1.165) is 25.4 Å². The van der Waals surface area contributed by atoms with Crippen LogP contribution in [0.15, 0.2) is 30.7 Å². The fourth-order valence-electron chi connectivity index (χ4n) is 4.12. The van der Waals surface area contributed by atoms with Crippen LogP contribution in [0.1, 0.15) is 58.4 Å². The number of imidazole rings is 1. The normalized spacial score (nSPS) is 20.8. The highest BCUT2D eigenvalue weighted by atomic mass is 35.5. The SMILES string of the molecule is C=CN/C(CCC)=N/c1c(C(=C)Cl)ncn1[C@@H]1OC(COS(C)(=O)=O)(COS(C)(=O)=O)C(OCCCC)[C@@H]1OC(C)=O. The number of nitrogens with one attached hydrogen (secondary N) is 1. The maximum Gasteiger partial charge on any atom is 0.303 e. The van der Waals surface area contributed by atoms with E-state index in [4.69, 9.17) is 34.2 Å². The molecule has 0 aliphatic carbocycles. The zero-order valence-electron chi connectivity index (χ0n) is 24.4. The molecule has 0 radical (unpaired) electrons. The maximum absolute atomic E-state index is 12.3. The summed E-state index contributed by atoms with van der Waals surface area (Å²) < 4.78 is 78.0. The molecule has 1 N–H and O–H groups in total. The number of hydrogen-bond donors (Lipinski definition) is 1. The van der Waals surface area contributed by atoms with Crippen molar-refractivity contribution >= 4 is 54.5 Å². The van der Waals surface area contributed by atoms with Gasteiger partial charge in [-0.15, -0.1) is 0 Å². The maximum atomic E-state index is 12.3. The second-order valence-corrected chi connectivity index (χ2v) is 13.4. The minimum absolute atomic E-state index is 0.0480. The number of halogens is 1. The third-order valence-electron chi connectivity index (χ3n) is 5.88. The van der Waals surface area contributed by atoms with Crippen molar-refractivity contribution in [3.63, 3.8) is 0 Å². The van der Waals surface area contributed by atoms with Crippen molar-refractivity contribution in [2.75, 3.05) is 32.3 Å². The Labute approximate surface area is 252 Å². The molecule has 42 heavy (non-hydrogen) atoms. The summed E-state index contributed by atoms with van der Waals surface area (Å²) in [4.78, 5) is 21.3. The van der Waals surface area contributed by atoms with Gasteiger partial charge in [-0.3, -0.25) is 17.7 Å².